The fourth-order valence-electron chi connectivity index (χ4n) is 3.18. The molecule has 0 radical (unpaired) electrons. The van der Waals surface area contributed by atoms with Crippen molar-refractivity contribution in [3.8, 4) is 5.75 Å². The third kappa shape index (κ3) is 7.91. The third-order valence-corrected chi connectivity index (χ3v) is 4.66. The summed E-state index contributed by atoms with van der Waals surface area (Å²) in [6, 6.07) is 9.09. The number of carbonyl (C=O) groups is 1. The van der Waals surface area contributed by atoms with Gasteiger partial charge >= 0.3 is 0 Å². The van der Waals surface area contributed by atoms with Gasteiger partial charge in [-0.05, 0) is 58.2 Å². The molecule has 1 unspecified atom stereocenters. The second-order valence-corrected chi connectivity index (χ2v) is 7.36. The Morgan fingerprint density at radius 3 is 2.20 bits per heavy atom. The van der Waals surface area contributed by atoms with Crippen molar-refractivity contribution in [2.24, 2.45) is 11.7 Å². The maximum absolute atomic E-state index is 11.6. The highest BCUT2D eigenvalue weighted by Crippen LogP contribution is 2.18. The monoisotopic (exact) mass is 348 g/mol. The van der Waals surface area contributed by atoms with E-state index in [1.165, 1.54) is 0 Å². The van der Waals surface area contributed by atoms with Gasteiger partial charge in [0.1, 0.15) is 12.4 Å². The normalized spacial score (nSPS) is 12.8. The van der Waals surface area contributed by atoms with E-state index in [1.54, 1.807) is 0 Å². The van der Waals surface area contributed by atoms with Crippen LogP contribution in [0.1, 0.15) is 59.4 Å². The molecule has 142 valence electrons. The summed E-state index contributed by atoms with van der Waals surface area (Å²) < 4.78 is 5.88. The smallest absolute Gasteiger partial charge is 0.220 e. The Morgan fingerprint density at radius 2 is 1.72 bits per heavy atom. The van der Waals surface area contributed by atoms with E-state index in [4.69, 9.17) is 10.5 Å². The molecule has 0 fully saturated rings. The number of hydrogen-bond acceptors (Lipinski definition) is 3. The van der Waals surface area contributed by atoms with Crippen LogP contribution in [0.5, 0.6) is 5.75 Å². The summed E-state index contributed by atoms with van der Waals surface area (Å²) >= 11 is 0. The molecule has 0 aliphatic rings. The fourth-order valence-corrected chi connectivity index (χ4v) is 3.18. The maximum Gasteiger partial charge on any atom is 0.220 e. The molecule has 0 spiro atoms. The van der Waals surface area contributed by atoms with E-state index >= 15 is 0 Å². The summed E-state index contributed by atoms with van der Waals surface area (Å²) in [6.45, 7) is 12.6. The first-order chi connectivity index (χ1) is 11.8. The zero-order valence-electron chi connectivity index (χ0n) is 16.6. The lowest BCUT2D eigenvalue weighted by molar-refractivity contribution is -0.122. The van der Waals surface area contributed by atoms with Gasteiger partial charge in [0.15, 0.2) is 0 Å². The van der Waals surface area contributed by atoms with Crippen molar-refractivity contribution >= 4 is 5.91 Å². The Labute approximate surface area is 153 Å². The summed E-state index contributed by atoms with van der Waals surface area (Å²) in [5, 5.41) is 0. The van der Waals surface area contributed by atoms with Gasteiger partial charge in [-0.25, -0.2) is 0 Å². The van der Waals surface area contributed by atoms with Crippen LogP contribution in [-0.4, -0.2) is 36.0 Å². The van der Waals surface area contributed by atoms with E-state index < -0.39 is 0 Å². The number of ether oxygens (including phenoxy) is 1. The number of benzene rings is 1. The lowest BCUT2D eigenvalue weighted by atomic mass is 9.93. The molecule has 2 N–H and O–H groups in total. The van der Waals surface area contributed by atoms with Gasteiger partial charge in [-0.1, -0.05) is 31.9 Å². The molecule has 0 saturated heterocycles. The predicted octanol–water partition coefficient (Wildman–Crippen LogP) is 4.02. The zero-order chi connectivity index (χ0) is 18.8. The highest BCUT2D eigenvalue weighted by molar-refractivity contribution is 5.76. The standard InChI is InChI=1S/C21H36N2O2/c1-6-7-8-19(21(22)24)15-18-9-11-20(12-10-18)25-14-13-23(16(2)3)17(4)5/h9-12,16-17,19H,6-8,13-15H2,1-5H3,(H2,22,24). The van der Waals surface area contributed by atoms with Crippen molar-refractivity contribution in [2.45, 2.75) is 72.4 Å². The van der Waals surface area contributed by atoms with Gasteiger partial charge in [0, 0.05) is 24.5 Å². The number of amides is 1. The molecule has 4 heteroatoms. The van der Waals surface area contributed by atoms with Crippen LogP contribution in [0.3, 0.4) is 0 Å². The molecule has 1 rings (SSSR count). The number of nitrogens with zero attached hydrogens (tertiary/aromatic N) is 1. The van der Waals surface area contributed by atoms with Gasteiger partial charge in [0.2, 0.25) is 5.91 Å². The molecule has 1 amide bonds. The summed E-state index contributed by atoms with van der Waals surface area (Å²) in [5.41, 5.74) is 6.67. The largest absolute Gasteiger partial charge is 0.492 e. The molecule has 0 aliphatic carbocycles. The van der Waals surface area contributed by atoms with Crippen molar-refractivity contribution in [3.05, 3.63) is 29.8 Å². The van der Waals surface area contributed by atoms with Gasteiger partial charge in [-0.15, -0.1) is 0 Å². The summed E-state index contributed by atoms with van der Waals surface area (Å²) in [7, 11) is 0. The van der Waals surface area contributed by atoms with Crippen LogP contribution in [0, 0.1) is 5.92 Å². The second-order valence-electron chi connectivity index (χ2n) is 7.36. The van der Waals surface area contributed by atoms with Crippen LogP contribution in [0.15, 0.2) is 24.3 Å². The first kappa shape index (κ1) is 21.5. The minimum atomic E-state index is -0.198. The van der Waals surface area contributed by atoms with Crippen LogP contribution >= 0.6 is 0 Å². The molecule has 4 nitrogen and oxygen atoms in total. The summed E-state index contributed by atoms with van der Waals surface area (Å²) in [4.78, 5) is 14.0. The molecule has 1 aromatic carbocycles. The Hall–Kier alpha value is -1.55. The lowest BCUT2D eigenvalue weighted by Gasteiger charge is -2.30. The minimum Gasteiger partial charge on any atom is -0.492 e. The Kier molecular flexibility index (Phi) is 9.58. The van der Waals surface area contributed by atoms with Crippen molar-refractivity contribution in [2.75, 3.05) is 13.2 Å². The van der Waals surface area contributed by atoms with E-state index in [2.05, 4.69) is 39.5 Å². The summed E-state index contributed by atoms with van der Waals surface area (Å²) in [6.07, 6.45) is 3.70. The Balaban J connectivity index is 2.51. The first-order valence-electron chi connectivity index (χ1n) is 9.61. The number of nitrogens with two attached hydrogens (primary N) is 1. The van der Waals surface area contributed by atoms with E-state index in [0.717, 1.165) is 37.1 Å². The number of hydrogen-bond donors (Lipinski definition) is 1. The molecule has 0 aromatic heterocycles. The van der Waals surface area contributed by atoms with Crippen LogP contribution in [0.4, 0.5) is 0 Å². The van der Waals surface area contributed by atoms with Crippen LogP contribution in [-0.2, 0) is 11.2 Å². The number of unbranched alkanes of at least 4 members (excludes halogenated alkanes) is 1. The van der Waals surface area contributed by atoms with Gasteiger partial charge < -0.3 is 10.5 Å². The van der Waals surface area contributed by atoms with E-state index in [-0.39, 0.29) is 11.8 Å². The number of rotatable bonds is 12. The topological polar surface area (TPSA) is 55.6 Å². The maximum atomic E-state index is 11.6. The Bertz CT molecular complexity index is 489. The quantitative estimate of drug-likeness (QED) is 0.621. The molecule has 0 aliphatic heterocycles. The SMILES string of the molecule is CCCCC(Cc1ccc(OCCN(C(C)C)C(C)C)cc1)C(N)=O. The van der Waals surface area contributed by atoms with Crippen molar-refractivity contribution < 1.29 is 9.53 Å². The summed E-state index contributed by atoms with van der Waals surface area (Å²) in [5.74, 6) is 0.606. The number of carbonyl (C=O) groups excluding carboxylic acids is 1. The van der Waals surface area contributed by atoms with Gasteiger partial charge in [-0.3, -0.25) is 9.69 Å². The molecule has 25 heavy (non-hydrogen) atoms. The van der Waals surface area contributed by atoms with E-state index in [0.29, 0.717) is 25.1 Å². The fraction of sp³-hybridized carbons (Fsp3) is 0.667. The predicted molar refractivity (Wildman–Crippen MR) is 105 cm³/mol. The minimum absolute atomic E-state index is 0.0719. The average molecular weight is 349 g/mol. The lowest BCUT2D eigenvalue weighted by Crippen LogP contribution is -2.39. The molecular formula is C21H36N2O2. The van der Waals surface area contributed by atoms with Crippen LogP contribution in [0.2, 0.25) is 0 Å². The van der Waals surface area contributed by atoms with E-state index in [1.807, 2.05) is 24.3 Å². The van der Waals surface area contributed by atoms with Crippen LogP contribution < -0.4 is 10.5 Å². The molecular weight excluding hydrogens is 312 g/mol. The first-order valence-corrected chi connectivity index (χ1v) is 9.61. The highest BCUT2D eigenvalue weighted by atomic mass is 16.5. The molecule has 1 atom stereocenters. The molecule has 0 heterocycles. The van der Waals surface area contributed by atoms with E-state index in [9.17, 15) is 4.79 Å². The van der Waals surface area contributed by atoms with Crippen molar-refractivity contribution in [1.29, 1.82) is 0 Å². The number of primary amides is 1. The van der Waals surface area contributed by atoms with Crippen LogP contribution in [0.25, 0.3) is 0 Å². The Morgan fingerprint density at radius 1 is 1.12 bits per heavy atom. The van der Waals surface area contributed by atoms with Gasteiger partial charge in [-0.2, -0.15) is 0 Å². The molecule has 1 aromatic rings. The average Bonchev–Trinajstić information content (AvgIpc) is 2.55. The van der Waals surface area contributed by atoms with Gasteiger partial charge in [0.25, 0.3) is 0 Å². The molecule has 0 bridgehead atoms. The van der Waals surface area contributed by atoms with Crippen molar-refractivity contribution in [1.82, 2.24) is 4.90 Å². The highest BCUT2D eigenvalue weighted by Gasteiger charge is 2.16. The van der Waals surface area contributed by atoms with Crippen molar-refractivity contribution in [3.63, 3.8) is 0 Å². The molecule has 0 saturated carbocycles. The second kappa shape index (κ2) is 11.1. The van der Waals surface area contributed by atoms with Gasteiger partial charge in [0.05, 0.1) is 0 Å². The zero-order valence-corrected chi connectivity index (χ0v) is 16.6. The third-order valence-electron chi connectivity index (χ3n) is 4.66.